The minimum atomic E-state index is 0. The molecule has 0 fully saturated rings. The molecule has 0 aromatic heterocycles. The molecule has 0 N–H and O–H groups in total. The van der Waals surface area contributed by atoms with Gasteiger partial charge >= 0.3 is 23.1 Å². The van der Waals surface area contributed by atoms with Gasteiger partial charge in [-0.2, -0.15) is 0 Å². The molecule has 0 aliphatic carbocycles. The van der Waals surface area contributed by atoms with E-state index in [0.717, 1.165) is 0 Å². The number of hydrogen-bond donors (Lipinski definition) is 0. The maximum absolute atomic E-state index is 1.44. The Morgan fingerprint density at radius 2 is 1.25 bits per heavy atom. The maximum atomic E-state index is 1.44. The standard InChI is InChI=1S/Fe.Mg.H6Si2.2H/c;;1-2;;/h;;1-2H3;;/q;+2;;2*-1. The second kappa shape index (κ2) is 22.1. The Balaban J connectivity index is -0.000000000833. The summed E-state index contributed by atoms with van der Waals surface area (Å²) in [7, 11) is 2.89. The van der Waals surface area contributed by atoms with Gasteiger partial charge in [-0.25, -0.2) is 0 Å². The molecule has 0 nitrogen and oxygen atoms in total. The van der Waals surface area contributed by atoms with Crippen LogP contribution in [0.5, 0.6) is 0 Å². The van der Waals surface area contributed by atoms with Crippen molar-refractivity contribution in [1.29, 1.82) is 0 Å². The summed E-state index contributed by atoms with van der Waals surface area (Å²) < 4.78 is 0. The second-order valence-corrected chi connectivity index (χ2v) is 0. The molecule has 0 aliphatic rings. The van der Waals surface area contributed by atoms with Crippen LogP contribution in [0.1, 0.15) is 2.85 Å². The second-order valence-electron chi connectivity index (χ2n) is 0. The van der Waals surface area contributed by atoms with E-state index in [1.54, 1.807) is 0 Å². The fraction of sp³-hybridized carbons (Fsp3) is 0. The molecule has 4 heavy (non-hydrogen) atoms. The van der Waals surface area contributed by atoms with Crippen molar-refractivity contribution < 1.29 is 19.9 Å². The van der Waals surface area contributed by atoms with Gasteiger partial charge in [-0.1, -0.05) is 0 Å². The van der Waals surface area contributed by atoms with E-state index >= 15 is 0 Å². The summed E-state index contributed by atoms with van der Waals surface area (Å²) in [5.41, 5.74) is 0. The minimum Gasteiger partial charge on any atom is -1.00 e. The third-order valence-corrected chi connectivity index (χ3v) is 0. The van der Waals surface area contributed by atoms with Crippen LogP contribution in [0.4, 0.5) is 0 Å². The van der Waals surface area contributed by atoms with Crippen molar-refractivity contribution in [2.75, 3.05) is 0 Å². The molecule has 0 amide bonds. The summed E-state index contributed by atoms with van der Waals surface area (Å²) >= 11 is 0. The van der Waals surface area contributed by atoms with Crippen LogP contribution < -0.4 is 0 Å². The van der Waals surface area contributed by atoms with Gasteiger partial charge in [-0.15, -0.1) is 0 Å². The van der Waals surface area contributed by atoms with Gasteiger partial charge in [-0.3, -0.25) is 0 Å². The molecular formula is H8FeMgSi2. The van der Waals surface area contributed by atoms with Crippen molar-refractivity contribution in [1.82, 2.24) is 0 Å². The molecule has 0 rings (SSSR count). The monoisotopic (exact) mass is 144 g/mol. The van der Waals surface area contributed by atoms with Gasteiger partial charge in [0, 0.05) is 17.1 Å². The largest absolute Gasteiger partial charge is 2.00 e. The third kappa shape index (κ3) is 9.30. The van der Waals surface area contributed by atoms with Gasteiger partial charge < -0.3 is 2.85 Å². The zero-order valence-corrected chi connectivity index (χ0v) is 9.58. The molecule has 0 saturated carbocycles. The molecule has 0 unspecified atom stereocenters. The minimum absolute atomic E-state index is 0. The summed E-state index contributed by atoms with van der Waals surface area (Å²) in [5, 5.41) is 0. The summed E-state index contributed by atoms with van der Waals surface area (Å²) in [4.78, 5) is 0. The van der Waals surface area contributed by atoms with Gasteiger partial charge in [0.1, 0.15) is 0 Å². The maximum Gasteiger partial charge on any atom is 2.00 e. The zero-order valence-electron chi connectivity index (χ0n) is 5.06. The van der Waals surface area contributed by atoms with Gasteiger partial charge in [0.15, 0.2) is 0 Å². The topological polar surface area (TPSA) is 0 Å². The van der Waals surface area contributed by atoms with Crippen molar-refractivity contribution in [2.45, 2.75) is 0 Å². The Hall–Kier alpha value is 1.72. The molecule has 0 atom stereocenters. The first-order valence-corrected chi connectivity index (χ1v) is 9.00. The predicted octanol–water partition coefficient (Wildman–Crippen LogP) is -2.53. The Bertz CT molecular complexity index is 11.5. The van der Waals surface area contributed by atoms with Crippen molar-refractivity contribution in [3.63, 3.8) is 0 Å². The first-order chi connectivity index (χ1) is 1.00. The Morgan fingerprint density at radius 3 is 1.25 bits per heavy atom. The summed E-state index contributed by atoms with van der Waals surface area (Å²) in [6, 6.07) is 0. The van der Waals surface area contributed by atoms with Crippen molar-refractivity contribution in [3.05, 3.63) is 0 Å². The van der Waals surface area contributed by atoms with E-state index in [-0.39, 0.29) is 43.0 Å². The third-order valence-electron chi connectivity index (χ3n) is 0. The van der Waals surface area contributed by atoms with Crippen LogP contribution in [0, 0.1) is 0 Å². The average Bonchev–Trinajstić information content (AvgIpc) is 1.00. The first-order valence-electron chi connectivity index (χ1n) is 1.00. The smallest absolute Gasteiger partial charge is 1.00 e. The van der Waals surface area contributed by atoms with Gasteiger partial charge in [-0.05, 0) is 19.5 Å². The average molecular weight is 144 g/mol. The molecule has 0 radical (unpaired) electrons. The number of hydrogen-bond acceptors (Lipinski definition) is 0. The van der Waals surface area contributed by atoms with Gasteiger partial charge in [0.2, 0.25) is 0 Å². The molecule has 0 aliphatic heterocycles. The molecule has 0 bridgehead atoms. The molecule has 0 spiro atoms. The van der Waals surface area contributed by atoms with E-state index in [1.165, 1.54) is 19.5 Å². The fourth-order valence-corrected chi connectivity index (χ4v) is 0. The Morgan fingerprint density at radius 1 is 1.25 bits per heavy atom. The normalized spacial score (nSPS) is 3.00. The molecule has 0 saturated heterocycles. The Labute approximate surface area is 62.3 Å². The van der Waals surface area contributed by atoms with E-state index in [0.29, 0.717) is 0 Å². The summed E-state index contributed by atoms with van der Waals surface area (Å²) in [6.07, 6.45) is 0. The van der Waals surface area contributed by atoms with Crippen molar-refractivity contribution >= 4 is 42.6 Å². The van der Waals surface area contributed by atoms with Crippen LogP contribution in [0.3, 0.4) is 0 Å². The quantitative estimate of drug-likeness (QED) is 0.329. The van der Waals surface area contributed by atoms with E-state index in [4.69, 9.17) is 0 Å². The number of rotatable bonds is 0. The van der Waals surface area contributed by atoms with Crippen LogP contribution in [-0.2, 0) is 17.1 Å². The molecule has 0 aromatic carbocycles. The van der Waals surface area contributed by atoms with Gasteiger partial charge in [0.05, 0.1) is 0 Å². The summed E-state index contributed by atoms with van der Waals surface area (Å²) in [5.74, 6) is 0. The molecule has 4 heteroatoms. The molecule has 0 aromatic rings. The van der Waals surface area contributed by atoms with Crippen LogP contribution >= 0.6 is 0 Å². The van der Waals surface area contributed by atoms with Crippen molar-refractivity contribution in [3.8, 4) is 0 Å². The first kappa shape index (κ1) is 17.2. The molecule has 26 valence electrons. The van der Waals surface area contributed by atoms with Crippen molar-refractivity contribution in [2.24, 2.45) is 0 Å². The molecular weight excluding hydrogens is 136 g/mol. The van der Waals surface area contributed by atoms with E-state index in [2.05, 4.69) is 0 Å². The molecule has 0 heterocycles. The van der Waals surface area contributed by atoms with Crippen LogP contribution in [0.15, 0.2) is 0 Å². The van der Waals surface area contributed by atoms with Crippen LogP contribution in [-0.4, -0.2) is 42.6 Å². The van der Waals surface area contributed by atoms with E-state index in [9.17, 15) is 0 Å². The Kier molecular flexibility index (Phi) is 95.1. The van der Waals surface area contributed by atoms with Gasteiger partial charge in [0.25, 0.3) is 0 Å². The predicted molar refractivity (Wildman–Crippen MR) is 27.9 cm³/mol. The summed E-state index contributed by atoms with van der Waals surface area (Å²) in [6.45, 7) is 0. The van der Waals surface area contributed by atoms with Crippen LogP contribution in [0.2, 0.25) is 0 Å². The SMILES string of the molecule is [Fe].[H-].[H-].[Mg+2].[SiH3][SiH3]. The van der Waals surface area contributed by atoms with E-state index in [1.807, 2.05) is 0 Å². The van der Waals surface area contributed by atoms with Crippen LogP contribution in [0.25, 0.3) is 0 Å². The fourth-order valence-electron chi connectivity index (χ4n) is 0. The zero-order chi connectivity index (χ0) is 2.00. The van der Waals surface area contributed by atoms with E-state index < -0.39 is 0 Å².